The summed E-state index contributed by atoms with van der Waals surface area (Å²) in [6.07, 6.45) is 4.12. The van der Waals surface area contributed by atoms with Crippen molar-refractivity contribution >= 4 is 5.69 Å². The number of aromatic nitrogens is 2. The summed E-state index contributed by atoms with van der Waals surface area (Å²) in [7, 11) is 0. The summed E-state index contributed by atoms with van der Waals surface area (Å²) in [5, 5.41) is 4.44. The zero-order valence-corrected chi connectivity index (χ0v) is 12.4. The second kappa shape index (κ2) is 6.28. The Kier molecular flexibility index (Phi) is 4.22. The van der Waals surface area contributed by atoms with Crippen molar-refractivity contribution in [3.8, 4) is 11.1 Å². The molecule has 0 amide bonds. The molecule has 0 radical (unpaired) electrons. The molecule has 5 nitrogen and oxygen atoms in total. The van der Waals surface area contributed by atoms with Crippen LogP contribution >= 0.6 is 0 Å². The van der Waals surface area contributed by atoms with Gasteiger partial charge in [-0.2, -0.15) is 5.10 Å². The predicted octanol–water partition coefficient (Wildman–Crippen LogP) is 1.85. The van der Waals surface area contributed by atoms with Crippen LogP contribution in [0.4, 0.5) is 5.69 Å². The fourth-order valence-corrected chi connectivity index (χ4v) is 2.75. The zero-order chi connectivity index (χ0) is 14.7. The average Bonchev–Trinajstić information content (AvgIpc) is 2.96. The highest BCUT2D eigenvalue weighted by molar-refractivity contribution is 5.75. The molecular weight excluding hydrogens is 264 g/mol. The van der Waals surface area contributed by atoms with Crippen LogP contribution in [0.5, 0.6) is 0 Å². The number of rotatable bonds is 4. The second-order valence-corrected chi connectivity index (χ2v) is 5.42. The van der Waals surface area contributed by atoms with Crippen molar-refractivity contribution in [2.24, 2.45) is 0 Å². The number of nitrogens with two attached hydrogens (primary N) is 1. The molecule has 1 saturated heterocycles. The first kappa shape index (κ1) is 14.1. The summed E-state index contributed by atoms with van der Waals surface area (Å²) in [6.45, 7) is 6.84. The summed E-state index contributed by atoms with van der Waals surface area (Å²) in [5.41, 5.74) is 8.88. The molecule has 1 aliphatic heterocycles. The molecule has 2 heterocycles. The summed E-state index contributed by atoms with van der Waals surface area (Å²) < 4.78 is 7.78. The van der Waals surface area contributed by atoms with E-state index in [1.54, 1.807) is 0 Å². The minimum Gasteiger partial charge on any atom is -0.398 e. The van der Waals surface area contributed by atoms with Gasteiger partial charge in [0.25, 0.3) is 0 Å². The molecule has 0 aliphatic carbocycles. The van der Waals surface area contributed by atoms with Crippen molar-refractivity contribution in [1.82, 2.24) is 14.7 Å². The van der Waals surface area contributed by atoms with E-state index in [1.807, 2.05) is 41.3 Å². The lowest BCUT2D eigenvalue weighted by atomic mass is 10.1. The van der Waals surface area contributed by atoms with E-state index in [0.29, 0.717) is 0 Å². The molecule has 3 rings (SSSR count). The largest absolute Gasteiger partial charge is 0.398 e. The Morgan fingerprint density at radius 1 is 1.38 bits per heavy atom. The fraction of sp³-hybridized carbons (Fsp3) is 0.438. The number of benzene rings is 1. The molecule has 2 aromatic rings. The van der Waals surface area contributed by atoms with Gasteiger partial charge in [0.1, 0.15) is 0 Å². The Morgan fingerprint density at radius 3 is 3.05 bits per heavy atom. The van der Waals surface area contributed by atoms with Crippen molar-refractivity contribution in [2.45, 2.75) is 19.6 Å². The van der Waals surface area contributed by atoms with Crippen LogP contribution in [0.1, 0.15) is 6.92 Å². The smallest absolute Gasteiger partial charge is 0.0898 e. The van der Waals surface area contributed by atoms with Crippen molar-refractivity contribution < 1.29 is 4.74 Å². The third-order valence-electron chi connectivity index (χ3n) is 3.97. The van der Waals surface area contributed by atoms with E-state index in [-0.39, 0.29) is 6.10 Å². The van der Waals surface area contributed by atoms with E-state index in [9.17, 15) is 0 Å². The van der Waals surface area contributed by atoms with Crippen LogP contribution in [-0.2, 0) is 11.3 Å². The van der Waals surface area contributed by atoms with Crippen LogP contribution in [0.25, 0.3) is 11.1 Å². The molecule has 21 heavy (non-hydrogen) atoms. The first-order valence-electron chi connectivity index (χ1n) is 7.47. The molecule has 112 valence electrons. The lowest BCUT2D eigenvalue weighted by Crippen LogP contribution is -2.44. The number of hydrogen-bond acceptors (Lipinski definition) is 4. The van der Waals surface area contributed by atoms with Crippen molar-refractivity contribution in [3.05, 3.63) is 36.7 Å². The predicted molar refractivity (Wildman–Crippen MR) is 83.9 cm³/mol. The average molecular weight is 286 g/mol. The molecule has 1 aromatic carbocycles. The highest BCUT2D eigenvalue weighted by Crippen LogP contribution is 2.24. The molecule has 1 atom stereocenters. The van der Waals surface area contributed by atoms with E-state index in [0.717, 1.165) is 49.6 Å². The number of nitrogens with zero attached hydrogens (tertiary/aromatic N) is 3. The first-order valence-corrected chi connectivity index (χ1v) is 7.47. The molecule has 2 N–H and O–H groups in total. The van der Waals surface area contributed by atoms with Gasteiger partial charge in [0.2, 0.25) is 0 Å². The zero-order valence-electron chi connectivity index (χ0n) is 12.4. The number of nitrogen functional groups attached to an aromatic ring is 1. The molecule has 1 aliphatic rings. The van der Waals surface area contributed by atoms with E-state index in [2.05, 4.69) is 16.9 Å². The minimum absolute atomic E-state index is 0.208. The molecule has 1 unspecified atom stereocenters. The molecule has 0 saturated carbocycles. The maximum absolute atomic E-state index is 6.01. The van der Waals surface area contributed by atoms with Gasteiger partial charge in [0.05, 0.1) is 25.5 Å². The number of ether oxygens (including phenoxy) is 1. The van der Waals surface area contributed by atoms with Crippen molar-refractivity contribution in [3.63, 3.8) is 0 Å². The minimum atomic E-state index is 0.208. The number of para-hydroxylation sites is 1. The van der Waals surface area contributed by atoms with Gasteiger partial charge >= 0.3 is 0 Å². The highest BCUT2D eigenvalue weighted by atomic mass is 16.5. The fourth-order valence-electron chi connectivity index (χ4n) is 2.75. The molecule has 0 bridgehead atoms. The normalized spacial score (nSPS) is 19.8. The first-order chi connectivity index (χ1) is 10.3. The third kappa shape index (κ3) is 3.25. The Labute approximate surface area is 125 Å². The van der Waals surface area contributed by atoms with Crippen LogP contribution < -0.4 is 5.73 Å². The van der Waals surface area contributed by atoms with Crippen LogP contribution in [0.2, 0.25) is 0 Å². The van der Waals surface area contributed by atoms with Crippen LogP contribution in [0.15, 0.2) is 36.7 Å². The Balaban J connectivity index is 1.69. The van der Waals surface area contributed by atoms with Gasteiger partial charge in [-0.3, -0.25) is 9.58 Å². The Morgan fingerprint density at radius 2 is 2.24 bits per heavy atom. The van der Waals surface area contributed by atoms with Gasteiger partial charge in [0, 0.05) is 36.1 Å². The second-order valence-electron chi connectivity index (χ2n) is 5.42. The highest BCUT2D eigenvalue weighted by Gasteiger charge is 2.20. The van der Waals surface area contributed by atoms with Gasteiger partial charge in [0.15, 0.2) is 0 Å². The number of hydrogen-bond donors (Lipinski definition) is 1. The maximum Gasteiger partial charge on any atom is 0.0898 e. The summed E-state index contributed by atoms with van der Waals surface area (Å²) in [5.74, 6) is 0. The molecular formula is C16H22N4O. The SMILES string of the molecule is CCN1CCOC(Cn2cc(-c3ccccc3N)cn2)C1. The van der Waals surface area contributed by atoms with Gasteiger partial charge in [-0.1, -0.05) is 25.1 Å². The summed E-state index contributed by atoms with van der Waals surface area (Å²) >= 11 is 0. The number of morpholine rings is 1. The molecule has 5 heteroatoms. The topological polar surface area (TPSA) is 56.3 Å². The lowest BCUT2D eigenvalue weighted by molar-refractivity contribution is -0.0357. The van der Waals surface area contributed by atoms with Crippen LogP contribution in [-0.4, -0.2) is 47.0 Å². The Hall–Kier alpha value is -1.85. The van der Waals surface area contributed by atoms with Gasteiger partial charge < -0.3 is 10.5 Å². The van der Waals surface area contributed by atoms with Gasteiger partial charge in [-0.05, 0) is 12.6 Å². The molecule has 1 aromatic heterocycles. The summed E-state index contributed by atoms with van der Waals surface area (Å²) in [6, 6.07) is 7.87. The Bertz CT molecular complexity index is 595. The third-order valence-corrected chi connectivity index (χ3v) is 3.97. The monoisotopic (exact) mass is 286 g/mol. The molecule has 0 spiro atoms. The van der Waals surface area contributed by atoms with Crippen LogP contribution in [0, 0.1) is 0 Å². The van der Waals surface area contributed by atoms with Crippen molar-refractivity contribution in [1.29, 1.82) is 0 Å². The summed E-state index contributed by atoms with van der Waals surface area (Å²) in [4.78, 5) is 2.41. The number of likely N-dealkylation sites (N-methyl/N-ethyl adjacent to an activating group) is 1. The lowest BCUT2D eigenvalue weighted by Gasteiger charge is -2.31. The molecule has 1 fully saturated rings. The standard InChI is InChI=1S/C16H22N4O/c1-2-19-7-8-21-14(11-19)12-20-10-13(9-18-20)15-5-3-4-6-16(15)17/h3-6,9-10,14H,2,7-8,11-12,17H2,1H3. The van der Waals surface area contributed by atoms with Crippen molar-refractivity contribution in [2.75, 3.05) is 32.0 Å². The van der Waals surface area contributed by atoms with E-state index in [1.165, 1.54) is 0 Å². The van der Waals surface area contributed by atoms with E-state index >= 15 is 0 Å². The number of anilines is 1. The van der Waals surface area contributed by atoms with E-state index < -0.39 is 0 Å². The van der Waals surface area contributed by atoms with Crippen LogP contribution in [0.3, 0.4) is 0 Å². The van der Waals surface area contributed by atoms with Gasteiger partial charge in [-0.15, -0.1) is 0 Å². The maximum atomic E-state index is 6.01. The van der Waals surface area contributed by atoms with Gasteiger partial charge in [-0.25, -0.2) is 0 Å². The van der Waals surface area contributed by atoms with E-state index in [4.69, 9.17) is 10.5 Å². The quantitative estimate of drug-likeness (QED) is 0.872.